The van der Waals surface area contributed by atoms with Crippen LogP contribution in [0.1, 0.15) is 19.5 Å². The minimum absolute atomic E-state index is 0. The van der Waals surface area contributed by atoms with Crippen molar-refractivity contribution in [3.63, 3.8) is 0 Å². The molecule has 7 nitrogen and oxygen atoms in total. The smallest absolute Gasteiger partial charge is 0.245 e. The fourth-order valence-electron chi connectivity index (χ4n) is 3.01. The number of carbonyl (C=O) groups excluding carboxylic acids is 1. The first-order valence-corrected chi connectivity index (χ1v) is 8.92. The Balaban J connectivity index is 0.00000156. The standard InChI is InChI=1S/C15H24N4O3S.2ClH/c1-10-5-19(6-11(2)22-10)7-12-9-23-15(17-12)18-14(20)13-8-21-4-3-16-13;;/h9-11,13,16H,3-8H2,1-2H3,(H,17,18,20);2*1H. The van der Waals surface area contributed by atoms with Crippen LogP contribution in [-0.4, -0.2) is 66.9 Å². The third-order valence-electron chi connectivity index (χ3n) is 3.90. The molecule has 2 aliphatic heterocycles. The zero-order valence-corrected chi connectivity index (χ0v) is 16.8. The summed E-state index contributed by atoms with van der Waals surface area (Å²) in [6.45, 7) is 8.56. The van der Waals surface area contributed by atoms with E-state index in [1.165, 1.54) is 11.3 Å². The van der Waals surface area contributed by atoms with Gasteiger partial charge in [-0.3, -0.25) is 9.69 Å². The quantitative estimate of drug-likeness (QED) is 0.780. The lowest BCUT2D eigenvalue weighted by Crippen LogP contribution is -2.48. The number of nitrogens with zero attached hydrogens (tertiary/aromatic N) is 2. The van der Waals surface area contributed by atoms with Gasteiger partial charge in [0.25, 0.3) is 0 Å². The van der Waals surface area contributed by atoms with Gasteiger partial charge in [0.1, 0.15) is 6.04 Å². The van der Waals surface area contributed by atoms with E-state index in [4.69, 9.17) is 9.47 Å². The number of ether oxygens (including phenoxy) is 2. The van der Waals surface area contributed by atoms with Gasteiger partial charge in [-0.25, -0.2) is 4.98 Å². The average Bonchev–Trinajstić information content (AvgIpc) is 2.94. The molecule has 0 saturated carbocycles. The number of hydrogen-bond donors (Lipinski definition) is 2. The number of hydrogen-bond acceptors (Lipinski definition) is 7. The van der Waals surface area contributed by atoms with Gasteiger partial charge in [-0.15, -0.1) is 36.2 Å². The van der Waals surface area contributed by atoms with Crippen LogP contribution in [-0.2, 0) is 20.8 Å². The van der Waals surface area contributed by atoms with Crippen LogP contribution < -0.4 is 10.6 Å². The van der Waals surface area contributed by atoms with Crippen LogP contribution in [0.3, 0.4) is 0 Å². The third-order valence-corrected chi connectivity index (χ3v) is 4.71. The number of thiazole rings is 1. The topological polar surface area (TPSA) is 75.7 Å². The largest absolute Gasteiger partial charge is 0.378 e. The monoisotopic (exact) mass is 412 g/mol. The molecule has 144 valence electrons. The molecule has 2 N–H and O–H groups in total. The van der Waals surface area contributed by atoms with Gasteiger partial charge in [0.2, 0.25) is 5.91 Å². The number of morpholine rings is 2. The summed E-state index contributed by atoms with van der Waals surface area (Å²) in [6, 6.07) is -0.294. The number of amides is 1. The second-order valence-corrected chi connectivity index (χ2v) is 7.02. The molecule has 0 aliphatic carbocycles. The Morgan fingerprint density at radius 3 is 2.76 bits per heavy atom. The molecule has 3 rings (SSSR count). The van der Waals surface area contributed by atoms with Gasteiger partial charge in [-0.1, -0.05) is 0 Å². The molecule has 0 spiro atoms. The van der Waals surface area contributed by atoms with Crippen molar-refractivity contribution >= 4 is 47.2 Å². The molecule has 25 heavy (non-hydrogen) atoms. The molecule has 2 fully saturated rings. The Bertz CT molecular complexity index is 533. The van der Waals surface area contributed by atoms with E-state index in [2.05, 4.69) is 34.4 Å². The van der Waals surface area contributed by atoms with Crippen molar-refractivity contribution in [2.45, 2.75) is 38.6 Å². The molecule has 0 aromatic carbocycles. The van der Waals surface area contributed by atoms with Crippen LogP contribution in [0, 0.1) is 0 Å². The fourth-order valence-corrected chi connectivity index (χ4v) is 3.71. The molecule has 2 aliphatic rings. The summed E-state index contributed by atoms with van der Waals surface area (Å²) < 4.78 is 11.1. The Hall–Kier alpha value is -0.480. The second kappa shape index (κ2) is 10.6. The molecule has 3 heterocycles. The SMILES string of the molecule is CC1CN(Cc2csc(NC(=O)C3COCCN3)n2)CC(C)O1.Cl.Cl. The van der Waals surface area contributed by atoms with Crippen LogP contribution >= 0.6 is 36.2 Å². The Morgan fingerprint density at radius 1 is 1.40 bits per heavy atom. The predicted octanol–water partition coefficient (Wildman–Crippen LogP) is 1.52. The van der Waals surface area contributed by atoms with Gasteiger partial charge >= 0.3 is 0 Å². The zero-order valence-electron chi connectivity index (χ0n) is 14.4. The van der Waals surface area contributed by atoms with Crippen molar-refractivity contribution in [3.8, 4) is 0 Å². The summed E-state index contributed by atoms with van der Waals surface area (Å²) in [4.78, 5) is 19.0. The van der Waals surface area contributed by atoms with E-state index in [0.29, 0.717) is 24.9 Å². The van der Waals surface area contributed by atoms with Gasteiger partial charge < -0.3 is 20.1 Å². The molecule has 3 atom stereocenters. The van der Waals surface area contributed by atoms with Crippen molar-refractivity contribution in [1.29, 1.82) is 0 Å². The van der Waals surface area contributed by atoms with Crippen molar-refractivity contribution in [2.24, 2.45) is 0 Å². The lowest BCUT2D eigenvalue weighted by Gasteiger charge is -2.34. The van der Waals surface area contributed by atoms with E-state index >= 15 is 0 Å². The molecular formula is C15H26Cl2N4O3S. The molecule has 3 unspecified atom stereocenters. The van der Waals surface area contributed by atoms with Crippen molar-refractivity contribution in [1.82, 2.24) is 15.2 Å². The van der Waals surface area contributed by atoms with E-state index in [9.17, 15) is 4.79 Å². The van der Waals surface area contributed by atoms with Crippen molar-refractivity contribution < 1.29 is 14.3 Å². The number of carbonyl (C=O) groups is 1. The highest BCUT2D eigenvalue weighted by Crippen LogP contribution is 2.19. The minimum Gasteiger partial charge on any atom is -0.378 e. The Morgan fingerprint density at radius 2 is 2.12 bits per heavy atom. The maximum Gasteiger partial charge on any atom is 0.245 e. The summed E-state index contributed by atoms with van der Waals surface area (Å²) in [5.74, 6) is -0.0841. The highest BCUT2D eigenvalue weighted by Gasteiger charge is 2.24. The molecule has 1 amide bonds. The summed E-state index contributed by atoms with van der Waals surface area (Å²) >= 11 is 1.46. The lowest BCUT2D eigenvalue weighted by molar-refractivity contribution is -0.120. The summed E-state index contributed by atoms with van der Waals surface area (Å²) in [5, 5.41) is 8.66. The zero-order chi connectivity index (χ0) is 16.2. The number of rotatable bonds is 4. The van der Waals surface area contributed by atoms with Crippen LogP contribution in [0.4, 0.5) is 5.13 Å². The van der Waals surface area contributed by atoms with Gasteiger partial charge in [-0.05, 0) is 13.8 Å². The number of halogens is 2. The van der Waals surface area contributed by atoms with Crippen molar-refractivity contribution in [2.75, 3.05) is 38.2 Å². The van der Waals surface area contributed by atoms with Gasteiger partial charge in [0.15, 0.2) is 5.13 Å². The van der Waals surface area contributed by atoms with E-state index in [0.717, 1.165) is 25.3 Å². The molecular weight excluding hydrogens is 387 g/mol. The van der Waals surface area contributed by atoms with E-state index in [1.807, 2.05) is 5.38 Å². The van der Waals surface area contributed by atoms with E-state index in [-0.39, 0.29) is 49.0 Å². The first kappa shape index (κ1) is 22.6. The average molecular weight is 413 g/mol. The van der Waals surface area contributed by atoms with E-state index < -0.39 is 0 Å². The first-order valence-electron chi connectivity index (χ1n) is 8.04. The van der Waals surface area contributed by atoms with Crippen LogP contribution in [0.25, 0.3) is 0 Å². The number of aromatic nitrogens is 1. The summed E-state index contributed by atoms with van der Waals surface area (Å²) in [7, 11) is 0. The maximum absolute atomic E-state index is 12.1. The highest BCUT2D eigenvalue weighted by molar-refractivity contribution is 7.13. The normalized spacial score (nSPS) is 27.0. The van der Waals surface area contributed by atoms with E-state index in [1.54, 1.807) is 0 Å². The molecule has 1 aromatic heterocycles. The molecule has 10 heteroatoms. The van der Waals surface area contributed by atoms with Crippen LogP contribution in [0.15, 0.2) is 5.38 Å². The number of nitrogens with one attached hydrogen (secondary N) is 2. The third kappa shape index (κ3) is 6.63. The molecule has 0 radical (unpaired) electrons. The second-order valence-electron chi connectivity index (χ2n) is 6.17. The van der Waals surface area contributed by atoms with Gasteiger partial charge in [0, 0.05) is 31.6 Å². The maximum atomic E-state index is 12.1. The lowest BCUT2D eigenvalue weighted by atomic mass is 10.2. The minimum atomic E-state index is -0.294. The summed E-state index contributed by atoms with van der Waals surface area (Å²) in [5.41, 5.74) is 0.986. The number of anilines is 1. The highest BCUT2D eigenvalue weighted by atomic mass is 35.5. The molecule has 2 saturated heterocycles. The Kier molecular flexibility index (Phi) is 9.58. The molecule has 1 aromatic rings. The van der Waals surface area contributed by atoms with Crippen LogP contribution in [0.5, 0.6) is 0 Å². The van der Waals surface area contributed by atoms with Gasteiger partial charge in [-0.2, -0.15) is 0 Å². The van der Waals surface area contributed by atoms with Crippen molar-refractivity contribution in [3.05, 3.63) is 11.1 Å². The predicted molar refractivity (Wildman–Crippen MR) is 103 cm³/mol. The van der Waals surface area contributed by atoms with Gasteiger partial charge in [0.05, 0.1) is 31.1 Å². The Labute approximate surface area is 164 Å². The molecule has 0 bridgehead atoms. The first-order chi connectivity index (χ1) is 11.1. The fraction of sp³-hybridized carbons (Fsp3) is 0.733. The van der Waals surface area contributed by atoms with Crippen LogP contribution in [0.2, 0.25) is 0 Å². The summed E-state index contributed by atoms with van der Waals surface area (Å²) in [6.07, 6.45) is 0.489.